The first-order chi connectivity index (χ1) is 14.5. The van der Waals surface area contributed by atoms with Gasteiger partial charge in [0.2, 0.25) is 5.78 Å². The molecule has 0 aliphatic heterocycles. The third kappa shape index (κ3) is 3.96. The molecule has 0 spiro atoms. The molecule has 1 N–H and O–H groups in total. The van der Waals surface area contributed by atoms with Crippen molar-refractivity contribution in [3.8, 4) is 11.5 Å². The van der Waals surface area contributed by atoms with Crippen LogP contribution < -0.4 is 10.2 Å². The molecular weight excluding hydrogens is 402 g/mol. The van der Waals surface area contributed by atoms with Crippen molar-refractivity contribution in [2.24, 2.45) is 0 Å². The summed E-state index contributed by atoms with van der Waals surface area (Å²) in [5.74, 6) is 0.596. The Hall–Kier alpha value is -3.85. The number of ketones is 1. The van der Waals surface area contributed by atoms with Gasteiger partial charge in [-0.1, -0.05) is 11.3 Å². The van der Waals surface area contributed by atoms with Gasteiger partial charge in [-0.15, -0.1) is 0 Å². The van der Waals surface area contributed by atoms with Crippen LogP contribution in [0.15, 0.2) is 65.7 Å². The molecule has 0 saturated heterocycles. The number of rotatable bonds is 6. The molecule has 150 valence electrons. The molecule has 0 aromatic carbocycles. The molecule has 0 radical (unpaired) electrons. The molecule has 30 heavy (non-hydrogen) atoms. The Morgan fingerprint density at radius 2 is 1.87 bits per heavy atom. The Bertz CT molecular complexity index is 1170. The van der Waals surface area contributed by atoms with Crippen molar-refractivity contribution in [2.75, 3.05) is 24.3 Å². The summed E-state index contributed by atoms with van der Waals surface area (Å²) in [6, 6.07) is 10.1. The summed E-state index contributed by atoms with van der Waals surface area (Å²) in [4.78, 5) is 40.5. The average Bonchev–Trinajstić information content (AvgIpc) is 3.44. The summed E-state index contributed by atoms with van der Waals surface area (Å²) in [5.41, 5.74) is 1.23. The van der Waals surface area contributed by atoms with Gasteiger partial charge >= 0.3 is 0 Å². The quantitative estimate of drug-likeness (QED) is 0.475. The van der Waals surface area contributed by atoms with E-state index >= 15 is 0 Å². The zero-order valence-corrected chi connectivity index (χ0v) is 17.0. The zero-order chi connectivity index (χ0) is 21.1. The second-order valence-corrected chi connectivity index (χ2v) is 7.49. The topological polar surface area (TPSA) is 101 Å². The van der Waals surface area contributed by atoms with Crippen LogP contribution in [0.1, 0.15) is 25.6 Å². The van der Waals surface area contributed by atoms with Gasteiger partial charge in [-0.25, -0.2) is 9.97 Å². The van der Waals surface area contributed by atoms with Crippen LogP contribution in [0.5, 0.6) is 0 Å². The normalized spacial score (nSPS) is 10.6. The van der Waals surface area contributed by atoms with E-state index in [1.807, 2.05) is 19.0 Å². The minimum Gasteiger partial charge on any atom is -0.463 e. The lowest BCUT2D eigenvalue weighted by atomic mass is 10.1. The molecule has 8 nitrogen and oxygen atoms in total. The molecule has 0 aliphatic rings. The summed E-state index contributed by atoms with van der Waals surface area (Å²) in [6.07, 6.45) is 6.10. The lowest BCUT2D eigenvalue weighted by molar-refractivity contribution is 0.102. The molecule has 0 aliphatic carbocycles. The number of pyridine rings is 2. The number of nitrogens with one attached hydrogen (secondary N) is 1. The highest BCUT2D eigenvalue weighted by Crippen LogP contribution is 2.33. The molecule has 1 amide bonds. The van der Waals surface area contributed by atoms with Gasteiger partial charge in [0, 0.05) is 43.8 Å². The van der Waals surface area contributed by atoms with Crippen LogP contribution >= 0.6 is 11.3 Å². The first-order valence-electron chi connectivity index (χ1n) is 8.97. The number of hydrogen-bond acceptors (Lipinski definition) is 8. The van der Waals surface area contributed by atoms with E-state index in [0.29, 0.717) is 32.6 Å². The predicted octanol–water partition coefficient (Wildman–Crippen LogP) is 3.74. The van der Waals surface area contributed by atoms with Crippen LogP contribution in [0, 0.1) is 0 Å². The summed E-state index contributed by atoms with van der Waals surface area (Å²) in [5, 5.41) is 3.03. The smallest absolute Gasteiger partial charge is 0.257 e. The largest absolute Gasteiger partial charge is 0.463 e. The highest BCUT2D eigenvalue weighted by atomic mass is 32.1. The molecule has 4 aromatic rings. The van der Waals surface area contributed by atoms with E-state index in [4.69, 9.17) is 4.42 Å². The van der Waals surface area contributed by atoms with Gasteiger partial charge < -0.3 is 9.32 Å². The van der Waals surface area contributed by atoms with Gasteiger partial charge in [-0.05, 0) is 36.4 Å². The molecule has 0 saturated carbocycles. The highest BCUT2D eigenvalue weighted by Gasteiger charge is 2.24. The third-order valence-electron chi connectivity index (χ3n) is 4.22. The number of nitrogens with zero attached hydrogens (tertiary/aromatic N) is 4. The van der Waals surface area contributed by atoms with Gasteiger partial charge in [0.25, 0.3) is 5.91 Å². The van der Waals surface area contributed by atoms with E-state index in [2.05, 4.69) is 20.3 Å². The lowest BCUT2D eigenvalue weighted by Gasteiger charge is -2.10. The van der Waals surface area contributed by atoms with E-state index < -0.39 is 0 Å². The monoisotopic (exact) mass is 419 g/mol. The first-order valence-corrected chi connectivity index (χ1v) is 9.78. The molecule has 0 unspecified atom stereocenters. The molecule has 4 aromatic heterocycles. The van der Waals surface area contributed by atoms with Crippen molar-refractivity contribution in [3.05, 3.63) is 77.3 Å². The molecule has 0 bridgehead atoms. The van der Waals surface area contributed by atoms with Crippen LogP contribution in [0.2, 0.25) is 0 Å². The number of thiazole rings is 1. The van der Waals surface area contributed by atoms with E-state index in [1.54, 1.807) is 36.4 Å². The number of hydrogen-bond donors (Lipinski definition) is 1. The van der Waals surface area contributed by atoms with Crippen molar-refractivity contribution >= 4 is 34.0 Å². The Balaban J connectivity index is 1.68. The summed E-state index contributed by atoms with van der Waals surface area (Å²) < 4.78 is 5.45. The van der Waals surface area contributed by atoms with Crippen LogP contribution in [0.3, 0.4) is 0 Å². The Labute approximate surface area is 176 Å². The van der Waals surface area contributed by atoms with Gasteiger partial charge in [-0.2, -0.15) is 0 Å². The summed E-state index contributed by atoms with van der Waals surface area (Å²) >= 11 is 1.09. The van der Waals surface area contributed by atoms with Crippen molar-refractivity contribution in [2.45, 2.75) is 0 Å². The second-order valence-electron chi connectivity index (χ2n) is 6.49. The van der Waals surface area contributed by atoms with Crippen LogP contribution in [0.25, 0.3) is 11.5 Å². The fraction of sp³-hybridized carbons (Fsp3) is 0.0952. The van der Waals surface area contributed by atoms with E-state index in [9.17, 15) is 9.59 Å². The van der Waals surface area contributed by atoms with E-state index in [-0.39, 0.29) is 11.7 Å². The van der Waals surface area contributed by atoms with Gasteiger partial charge in [0.05, 0.1) is 6.26 Å². The van der Waals surface area contributed by atoms with E-state index in [1.165, 1.54) is 24.9 Å². The van der Waals surface area contributed by atoms with Gasteiger partial charge in [0.15, 0.2) is 10.9 Å². The maximum absolute atomic E-state index is 13.2. The fourth-order valence-electron chi connectivity index (χ4n) is 2.70. The SMILES string of the molecule is CN(C)c1ccc(C(=O)c2sc(NC(=O)c3ccncc3)nc2-c2ccco2)cn1. The average molecular weight is 419 g/mol. The minimum absolute atomic E-state index is 0.249. The second kappa shape index (κ2) is 8.26. The molecule has 9 heteroatoms. The summed E-state index contributed by atoms with van der Waals surface area (Å²) in [6.45, 7) is 0. The third-order valence-corrected chi connectivity index (χ3v) is 5.19. The number of anilines is 2. The number of carbonyl (C=O) groups is 2. The predicted molar refractivity (Wildman–Crippen MR) is 114 cm³/mol. The maximum atomic E-state index is 13.2. The van der Waals surface area contributed by atoms with Crippen molar-refractivity contribution in [1.29, 1.82) is 0 Å². The van der Waals surface area contributed by atoms with Crippen molar-refractivity contribution in [1.82, 2.24) is 15.0 Å². The maximum Gasteiger partial charge on any atom is 0.257 e. The van der Waals surface area contributed by atoms with Gasteiger partial charge in [0.1, 0.15) is 16.4 Å². The molecule has 0 fully saturated rings. The van der Waals surface area contributed by atoms with Crippen LogP contribution in [0.4, 0.5) is 10.9 Å². The number of aromatic nitrogens is 3. The first kappa shape index (κ1) is 19.5. The molecule has 4 rings (SSSR count). The minimum atomic E-state index is -0.340. The Morgan fingerprint density at radius 1 is 1.07 bits per heavy atom. The molecule has 0 atom stereocenters. The molecule has 4 heterocycles. The van der Waals surface area contributed by atoms with Crippen LogP contribution in [-0.2, 0) is 0 Å². The lowest BCUT2D eigenvalue weighted by Crippen LogP contribution is -2.11. The standard InChI is InChI=1S/C21H17N5O3S/c1-26(2)16-6-5-14(12-23-16)18(27)19-17(15-4-3-11-29-15)24-21(30-19)25-20(28)13-7-9-22-10-8-13/h3-12H,1-2H3,(H,24,25,28). The number of furan rings is 1. The Morgan fingerprint density at radius 3 is 2.50 bits per heavy atom. The van der Waals surface area contributed by atoms with Crippen molar-refractivity contribution < 1.29 is 14.0 Å². The Kier molecular flexibility index (Phi) is 5.36. The van der Waals surface area contributed by atoms with E-state index in [0.717, 1.165) is 17.2 Å². The summed E-state index contributed by atoms with van der Waals surface area (Å²) in [7, 11) is 3.75. The zero-order valence-electron chi connectivity index (χ0n) is 16.2. The molecular formula is C21H17N5O3S. The number of carbonyl (C=O) groups excluding carboxylic acids is 2. The fourth-order valence-corrected chi connectivity index (χ4v) is 3.62. The van der Waals surface area contributed by atoms with Crippen molar-refractivity contribution in [3.63, 3.8) is 0 Å². The highest BCUT2D eigenvalue weighted by molar-refractivity contribution is 7.18. The van der Waals surface area contributed by atoms with Gasteiger partial charge in [-0.3, -0.25) is 19.9 Å². The van der Waals surface area contributed by atoms with Crippen LogP contribution in [-0.4, -0.2) is 40.7 Å². The number of amides is 1.